The molecule has 104 valence electrons. The van der Waals surface area contributed by atoms with Crippen LogP contribution in [0.3, 0.4) is 0 Å². The summed E-state index contributed by atoms with van der Waals surface area (Å²) < 4.78 is 13.1. The SMILES string of the molecule is Nc1ccc(C(=O)Nc2c(Cl)cc(F)cc2Cl)c(N)c1. The van der Waals surface area contributed by atoms with Crippen LogP contribution in [0.5, 0.6) is 0 Å². The molecule has 0 heterocycles. The van der Waals surface area contributed by atoms with E-state index in [0.29, 0.717) is 5.69 Å². The number of hydrogen-bond acceptors (Lipinski definition) is 3. The van der Waals surface area contributed by atoms with Gasteiger partial charge in [0.1, 0.15) is 5.82 Å². The van der Waals surface area contributed by atoms with Crippen molar-refractivity contribution in [3.05, 3.63) is 51.8 Å². The zero-order valence-corrected chi connectivity index (χ0v) is 11.6. The zero-order valence-electron chi connectivity index (χ0n) is 10.1. The van der Waals surface area contributed by atoms with Gasteiger partial charge in [-0.05, 0) is 30.3 Å². The van der Waals surface area contributed by atoms with Gasteiger partial charge in [0.15, 0.2) is 0 Å². The minimum Gasteiger partial charge on any atom is -0.399 e. The molecule has 0 fully saturated rings. The Bertz CT molecular complexity index is 668. The number of hydrogen-bond donors (Lipinski definition) is 3. The van der Waals surface area contributed by atoms with Gasteiger partial charge in [0, 0.05) is 11.4 Å². The smallest absolute Gasteiger partial charge is 0.257 e. The molecule has 0 radical (unpaired) electrons. The van der Waals surface area contributed by atoms with E-state index in [9.17, 15) is 9.18 Å². The summed E-state index contributed by atoms with van der Waals surface area (Å²) in [7, 11) is 0. The number of benzene rings is 2. The maximum Gasteiger partial charge on any atom is 0.257 e. The van der Waals surface area contributed by atoms with Gasteiger partial charge in [-0.25, -0.2) is 4.39 Å². The van der Waals surface area contributed by atoms with Crippen molar-refractivity contribution >= 4 is 46.2 Å². The molecular weight excluding hydrogens is 304 g/mol. The quantitative estimate of drug-likeness (QED) is 0.742. The van der Waals surface area contributed by atoms with E-state index in [-0.39, 0.29) is 27.0 Å². The van der Waals surface area contributed by atoms with Gasteiger partial charge >= 0.3 is 0 Å². The third-order valence-corrected chi connectivity index (χ3v) is 3.16. The average molecular weight is 314 g/mol. The van der Waals surface area contributed by atoms with E-state index in [1.165, 1.54) is 12.1 Å². The normalized spacial score (nSPS) is 10.3. The number of rotatable bonds is 2. The number of amides is 1. The summed E-state index contributed by atoms with van der Waals surface area (Å²) in [6, 6.07) is 6.58. The maximum absolute atomic E-state index is 13.1. The summed E-state index contributed by atoms with van der Waals surface area (Å²) in [5.74, 6) is -1.11. The Morgan fingerprint density at radius 2 is 1.70 bits per heavy atom. The molecule has 0 atom stereocenters. The van der Waals surface area contributed by atoms with E-state index in [1.54, 1.807) is 6.07 Å². The number of nitrogens with one attached hydrogen (secondary N) is 1. The lowest BCUT2D eigenvalue weighted by Crippen LogP contribution is -2.15. The van der Waals surface area contributed by atoms with Crippen molar-refractivity contribution in [2.24, 2.45) is 0 Å². The molecule has 0 saturated carbocycles. The first-order valence-electron chi connectivity index (χ1n) is 5.49. The van der Waals surface area contributed by atoms with Crippen LogP contribution < -0.4 is 16.8 Å². The van der Waals surface area contributed by atoms with Crippen molar-refractivity contribution in [2.75, 3.05) is 16.8 Å². The number of nitrogens with two attached hydrogens (primary N) is 2. The second kappa shape index (κ2) is 5.56. The summed E-state index contributed by atoms with van der Waals surface area (Å²) in [6.45, 7) is 0. The Hall–Kier alpha value is -1.98. The number of carbonyl (C=O) groups excluding carboxylic acids is 1. The molecule has 0 aliphatic rings. The molecule has 0 saturated heterocycles. The number of carbonyl (C=O) groups is 1. The molecule has 7 heteroatoms. The van der Waals surface area contributed by atoms with Gasteiger partial charge in [-0.1, -0.05) is 23.2 Å². The second-order valence-corrected chi connectivity index (χ2v) is 4.86. The molecule has 2 aromatic rings. The standard InChI is InChI=1S/C13H10Cl2FN3O/c14-9-3-6(16)4-10(15)12(9)19-13(20)8-2-1-7(17)5-11(8)18/h1-5H,17-18H2,(H,19,20). The summed E-state index contributed by atoms with van der Waals surface area (Å²) in [5, 5.41) is 2.49. The molecule has 2 aromatic carbocycles. The van der Waals surface area contributed by atoms with E-state index in [1.807, 2.05) is 0 Å². The molecule has 0 aliphatic carbocycles. The molecule has 0 aromatic heterocycles. The molecule has 20 heavy (non-hydrogen) atoms. The Kier molecular flexibility index (Phi) is 4.01. The van der Waals surface area contributed by atoms with Crippen LogP contribution in [0, 0.1) is 5.82 Å². The fourth-order valence-electron chi connectivity index (χ4n) is 1.63. The van der Waals surface area contributed by atoms with Gasteiger partial charge in [-0.3, -0.25) is 4.79 Å². The Morgan fingerprint density at radius 1 is 1.10 bits per heavy atom. The molecule has 0 unspecified atom stereocenters. The van der Waals surface area contributed by atoms with Crippen LogP contribution in [0.25, 0.3) is 0 Å². The van der Waals surface area contributed by atoms with E-state index < -0.39 is 11.7 Å². The summed E-state index contributed by atoms with van der Waals surface area (Å²) in [4.78, 5) is 12.1. The van der Waals surface area contributed by atoms with Crippen LogP contribution >= 0.6 is 23.2 Å². The number of anilines is 3. The first-order chi connectivity index (χ1) is 9.38. The zero-order chi connectivity index (χ0) is 14.9. The van der Waals surface area contributed by atoms with Crippen LogP contribution in [0.15, 0.2) is 30.3 Å². The number of nitrogen functional groups attached to an aromatic ring is 2. The van der Waals surface area contributed by atoms with Crippen molar-refractivity contribution < 1.29 is 9.18 Å². The van der Waals surface area contributed by atoms with Gasteiger partial charge in [-0.15, -0.1) is 0 Å². The van der Waals surface area contributed by atoms with Crippen molar-refractivity contribution in [1.82, 2.24) is 0 Å². The van der Waals surface area contributed by atoms with E-state index in [4.69, 9.17) is 34.7 Å². The molecule has 0 spiro atoms. The van der Waals surface area contributed by atoms with Crippen LogP contribution in [0.1, 0.15) is 10.4 Å². The fraction of sp³-hybridized carbons (Fsp3) is 0. The molecule has 0 bridgehead atoms. The second-order valence-electron chi connectivity index (χ2n) is 4.05. The third kappa shape index (κ3) is 2.95. The molecule has 1 amide bonds. The highest BCUT2D eigenvalue weighted by molar-refractivity contribution is 6.40. The third-order valence-electron chi connectivity index (χ3n) is 2.57. The van der Waals surface area contributed by atoms with Crippen molar-refractivity contribution in [3.63, 3.8) is 0 Å². The van der Waals surface area contributed by atoms with Gasteiger partial charge < -0.3 is 16.8 Å². The first-order valence-corrected chi connectivity index (χ1v) is 6.25. The summed E-state index contributed by atoms with van der Waals surface area (Å²) >= 11 is 11.7. The van der Waals surface area contributed by atoms with Gasteiger partial charge in [0.2, 0.25) is 0 Å². The number of halogens is 3. The largest absolute Gasteiger partial charge is 0.399 e. The van der Waals surface area contributed by atoms with Crippen LogP contribution in [-0.2, 0) is 0 Å². The van der Waals surface area contributed by atoms with E-state index in [2.05, 4.69) is 5.32 Å². The molecule has 0 aliphatic heterocycles. The fourth-order valence-corrected chi connectivity index (χ4v) is 2.19. The summed E-state index contributed by atoms with van der Waals surface area (Å²) in [6.07, 6.45) is 0. The first kappa shape index (κ1) is 14.4. The molecule has 2 rings (SSSR count). The maximum atomic E-state index is 13.1. The van der Waals surface area contributed by atoms with E-state index >= 15 is 0 Å². The van der Waals surface area contributed by atoms with Crippen LogP contribution in [0.4, 0.5) is 21.5 Å². The average Bonchev–Trinajstić information content (AvgIpc) is 2.33. The van der Waals surface area contributed by atoms with Crippen LogP contribution in [0.2, 0.25) is 10.0 Å². The topological polar surface area (TPSA) is 81.1 Å². The highest BCUT2D eigenvalue weighted by atomic mass is 35.5. The van der Waals surface area contributed by atoms with Crippen LogP contribution in [-0.4, -0.2) is 5.91 Å². The highest BCUT2D eigenvalue weighted by Crippen LogP contribution is 2.32. The minimum absolute atomic E-state index is 0.00244. The highest BCUT2D eigenvalue weighted by Gasteiger charge is 2.15. The summed E-state index contributed by atoms with van der Waals surface area (Å²) in [5.41, 5.74) is 12.3. The Morgan fingerprint density at radius 3 is 2.25 bits per heavy atom. The van der Waals surface area contributed by atoms with Crippen molar-refractivity contribution in [2.45, 2.75) is 0 Å². The van der Waals surface area contributed by atoms with Gasteiger partial charge in [0.25, 0.3) is 5.91 Å². The monoisotopic (exact) mass is 313 g/mol. The molecule has 5 N–H and O–H groups in total. The van der Waals surface area contributed by atoms with E-state index in [0.717, 1.165) is 12.1 Å². The lowest BCUT2D eigenvalue weighted by atomic mass is 10.1. The Balaban J connectivity index is 2.33. The molecular formula is C13H10Cl2FN3O. The van der Waals surface area contributed by atoms with Crippen molar-refractivity contribution in [1.29, 1.82) is 0 Å². The lowest BCUT2D eigenvalue weighted by molar-refractivity contribution is 0.102. The predicted molar refractivity (Wildman–Crippen MR) is 79.6 cm³/mol. The Labute approximate surface area is 124 Å². The van der Waals surface area contributed by atoms with Gasteiger partial charge in [0.05, 0.1) is 21.3 Å². The molecule has 4 nitrogen and oxygen atoms in total. The van der Waals surface area contributed by atoms with Crippen molar-refractivity contribution in [3.8, 4) is 0 Å². The lowest BCUT2D eigenvalue weighted by Gasteiger charge is -2.11. The van der Waals surface area contributed by atoms with Gasteiger partial charge in [-0.2, -0.15) is 0 Å². The minimum atomic E-state index is -0.593. The predicted octanol–water partition coefficient (Wildman–Crippen LogP) is 3.55.